The fourth-order valence-corrected chi connectivity index (χ4v) is 2.85. The SMILES string of the molecule is COCC[NH+](CCOC)Cc1c(C)[nH]c2ccc(Cl)cc2c1=O. The number of aryl methyl sites for hydroxylation is 1. The van der Waals surface area contributed by atoms with Crippen LogP contribution in [0.1, 0.15) is 11.3 Å². The number of aromatic amines is 1. The second-order valence-electron chi connectivity index (χ2n) is 5.66. The molecule has 0 saturated carbocycles. The van der Waals surface area contributed by atoms with Gasteiger partial charge in [-0.1, -0.05) is 11.6 Å². The summed E-state index contributed by atoms with van der Waals surface area (Å²) in [5, 5.41) is 1.21. The van der Waals surface area contributed by atoms with E-state index in [1.54, 1.807) is 26.4 Å². The molecule has 0 aliphatic rings. The van der Waals surface area contributed by atoms with Gasteiger partial charge in [-0.15, -0.1) is 0 Å². The first-order valence-corrected chi connectivity index (χ1v) is 8.07. The average Bonchev–Trinajstić information content (AvgIpc) is 2.54. The van der Waals surface area contributed by atoms with Gasteiger partial charge in [0.05, 0.1) is 18.8 Å². The van der Waals surface area contributed by atoms with Crippen LogP contribution < -0.4 is 10.3 Å². The van der Waals surface area contributed by atoms with Crippen molar-refractivity contribution in [2.24, 2.45) is 0 Å². The molecular formula is C17H24ClN2O3+. The van der Waals surface area contributed by atoms with Gasteiger partial charge in [0.25, 0.3) is 0 Å². The highest BCUT2D eigenvalue weighted by atomic mass is 35.5. The first-order valence-electron chi connectivity index (χ1n) is 7.69. The molecule has 0 radical (unpaired) electrons. The molecule has 5 nitrogen and oxygen atoms in total. The van der Waals surface area contributed by atoms with Gasteiger partial charge in [-0.2, -0.15) is 0 Å². The van der Waals surface area contributed by atoms with Crippen molar-refractivity contribution in [2.75, 3.05) is 40.5 Å². The highest BCUT2D eigenvalue weighted by Gasteiger charge is 2.16. The summed E-state index contributed by atoms with van der Waals surface area (Å²) in [4.78, 5) is 17.4. The Morgan fingerprint density at radius 2 is 1.83 bits per heavy atom. The minimum atomic E-state index is 0.0473. The number of rotatable bonds is 8. The third-order valence-electron chi connectivity index (χ3n) is 4.02. The van der Waals surface area contributed by atoms with Crippen LogP contribution in [0.5, 0.6) is 0 Å². The van der Waals surface area contributed by atoms with Gasteiger partial charge in [0.1, 0.15) is 19.6 Å². The van der Waals surface area contributed by atoms with Crippen molar-refractivity contribution in [3.05, 3.63) is 44.7 Å². The lowest BCUT2D eigenvalue weighted by Crippen LogP contribution is -3.12. The van der Waals surface area contributed by atoms with Crippen molar-refractivity contribution in [2.45, 2.75) is 13.5 Å². The lowest BCUT2D eigenvalue weighted by atomic mass is 10.1. The van der Waals surface area contributed by atoms with Crippen LogP contribution in [0.15, 0.2) is 23.0 Å². The largest absolute Gasteiger partial charge is 0.379 e. The molecule has 0 bridgehead atoms. The van der Waals surface area contributed by atoms with E-state index >= 15 is 0 Å². The van der Waals surface area contributed by atoms with Crippen LogP contribution in [0.2, 0.25) is 5.02 Å². The Balaban J connectivity index is 2.34. The maximum Gasteiger partial charge on any atom is 0.198 e. The molecule has 0 unspecified atom stereocenters. The van der Waals surface area contributed by atoms with Crippen molar-refractivity contribution in [3.63, 3.8) is 0 Å². The number of methoxy groups -OCH3 is 2. The van der Waals surface area contributed by atoms with Gasteiger partial charge in [-0.05, 0) is 25.1 Å². The molecule has 2 rings (SSSR count). The predicted molar refractivity (Wildman–Crippen MR) is 92.5 cm³/mol. The number of hydrogen-bond donors (Lipinski definition) is 2. The second-order valence-corrected chi connectivity index (χ2v) is 6.10. The van der Waals surface area contributed by atoms with Gasteiger partial charge in [-0.3, -0.25) is 4.79 Å². The number of aromatic nitrogens is 1. The molecule has 0 fully saturated rings. The Kier molecular flexibility index (Phi) is 6.59. The van der Waals surface area contributed by atoms with Crippen molar-refractivity contribution >= 4 is 22.5 Å². The van der Waals surface area contributed by atoms with Gasteiger partial charge in [0, 0.05) is 35.8 Å². The van der Waals surface area contributed by atoms with E-state index in [2.05, 4.69) is 4.98 Å². The number of quaternary nitrogens is 1. The predicted octanol–water partition coefficient (Wildman–Crippen LogP) is 1.17. The fourth-order valence-electron chi connectivity index (χ4n) is 2.68. The summed E-state index contributed by atoms with van der Waals surface area (Å²) in [6, 6.07) is 5.35. The maximum atomic E-state index is 12.8. The minimum absolute atomic E-state index is 0.0473. The fraction of sp³-hybridized carbons (Fsp3) is 0.471. The molecule has 1 aromatic carbocycles. The summed E-state index contributed by atoms with van der Waals surface area (Å²) >= 11 is 6.03. The highest BCUT2D eigenvalue weighted by Crippen LogP contribution is 2.16. The van der Waals surface area contributed by atoms with Crippen LogP contribution in [0.3, 0.4) is 0 Å². The van der Waals surface area contributed by atoms with Crippen LogP contribution in [0.4, 0.5) is 0 Å². The van der Waals surface area contributed by atoms with E-state index in [4.69, 9.17) is 21.1 Å². The maximum absolute atomic E-state index is 12.8. The Bertz CT molecular complexity index is 707. The molecule has 0 atom stereocenters. The van der Waals surface area contributed by atoms with Gasteiger partial charge in [0.2, 0.25) is 0 Å². The van der Waals surface area contributed by atoms with Crippen LogP contribution in [0.25, 0.3) is 10.9 Å². The van der Waals surface area contributed by atoms with Gasteiger partial charge in [-0.25, -0.2) is 0 Å². The van der Waals surface area contributed by atoms with Gasteiger partial charge in [0.15, 0.2) is 5.43 Å². The van der Waals surface area contributed by atoms with Gasteiger partial charge >= 0.3 is 0 Å². The summed E-state index contributed by atoms with van der Waals surface area (Å²) in [6.45, 7) is 5.52. The number of hydrogen-bond acceptors (Lipinski definition) is 3. The van der Waals surface area contributed by atoms with Crippen LogP contribution >= 0.6 is 11.6 Å². The average molecular weight is 340 g/mol. The van der Waals surface area contributed by atoms with E-state index in [0.29, 0.717) is 30.2 Å². The van der Waals surface area contributed by atoms with Crippen LogP contribution in [-0.2, 0) is 16.0 Å². The quantitative estimate of drug-likeness (QED) is 0.759. The number of pyridine rings is 1. The molecule has 0 saturated heterocycles. The van der Waals surface area contributed by atoms with Gasteiger partial charge < -0.3 is 19.4 Å². The van der Waals surface area contributed by atoms with Crippen molar-refractivity contribution < 1.29 is 14.4 Å². The number of nitrogens with one attached hydrogen (secondary N) is 2. The molecule has 0 aliphatic heterocycles. The lowest BCUT2D eigenvalue weighted by molar-refractivity contribution is -0.914. The molecule has 6 heteroatoms. The molecule has 1 aromatic heterocycles. The molecule has 126 valence electrons. The Labute approximate surface area is 141 Å². The van der Waals surface area contributed by atoms with E-state index in [1.807, 2.05) is 13.0 Å². The van der Waals surface area contributed by atoms with Crippen LogP contribution in [-0.4, -0.2) is 45.5 Å². The Morgan fingerprint density at radius 1 is 1.17 bits per heavy atom. The lowest BCUT2D eigenvalue weighted by Gasteiger charge is -2.20. The van der Waals surface area contributed by atoms with E-state index in [1.165, 1.54) is 4.90 Å². The molecule has 2 N–H and O–H groups in total. The highest BCUT2D eigenvalue weighted by molar-refractivity contribution is 6.31. The van der Waals surface area contributed by atoms with E-state index in [9.17, 15) is 4.79 Å². The number of fused-ring (bicyclic) bond motifs is 1. The summed E-state index contributed by atoms with van der Waals surface area (Å²) in [7, 11) is 3.37. The molecule has 1 heterocycles. The number of benzene rings is 1. The van der Waals surface area contributed by atoms with E-state index < -0.39 is 0 Å². The number of H-pyrrole nitrogens is 1. The first-order chi connectivity index (χ1) is 11.1. The van der Waals surface area contributed by atoms with Crippen molar-refractivity contribution in [1.29, 1.82) is 0 Å². The smallest absolute Gasteiger partial charge is 0.198 e. The molecule has 2 aromatic rings. The normalized spacial score (nSPS) is 11.5. The molecular weight excluding hydrogens is 316 g/mol. The Hall–Kier alpha value is -1.40. The summed E-state index contributed by atoms with van der Waals surface area (Å²) < 4.78 is 10.3. The van der Waals surface area contributed by atoms with Crippen LogP contribution in [0, 0.1) is 6.92 Å². The Morgan fingerprint density at radius 3 is 2.43 bits per heavy atom. The summed E-state index contributed by atoms with van der Waals surface area (Å²) in [6.07, 6.45) is 0. The third-order valence-corrected chi connectivity index (χ3v) is 4.26. The molecule has 0 spiro atoms. The van der Waals surface area contributed by atoms with Crippen molar-refractivity contribution in [1.82, 2.24) is 4.98 Å². The topological polar surface area (TPSA) is 55.8 Å². The minimum Gasteiger partial charge on any atom is -0.379 e. The molecule has 0 aliphatic carbocycles. The van der Waals surface area contributed by atoms with E-state index in [-0.39, 0.29) is 5.43 Å². The molecule has 23 heavy (non-hydrogen) atoms. The number of halogens is 1. The zero-order chi connectivity index (χ0) is 16.8. The summed E-state index contributed by atoms with van der Waals surface area (Å²) in [5.74, 6) is 0. The zero-order valence-electron chi connectivity index (χ0n) is 13.9. The summed E-state index contributed by atoms with van der Waals surface area (Å²) in [5.41, 5.74) is 2.56. The first kappa shape index (κ1) is 17.9. The second kappa shape index (κ2) is 8.45. The third kappa shape index (κ3) is 4.54. The molecule has 0 amide bonds. The standard InChI is InChI=1S/C17H23ClN2O3/c1-12-15(11-20(6-8-22-2)7-9-23-3)17(21)14-10-13(18)4-5-16(14)19-12/h4-5,10H,6-9,11H2,1-3H3,(H,19,21)/p+1. The monoisotopic (exact) mass is 339 g/mol. The van der Waals surface area contributed by atoms with Crippen molar-refractivity contribution in [3.8, 4) is 0 Å². The number of ether oxygens (including phenoxy) is 2. The zero-order valence-corrected chi connectivity index (χ0v) is 14.6. The van der Waals surface area contributed by atoms with E-state index in [0.717, 1.165) is 29.9 Å².